The van der Waals surface area contributed by atoms with E-state index < -0.39 is 21.1 Å². The molecule has 2 rings (SSSR count). The molecule has 2 aromatic rings. The van der Waals surface area contributed by atoms with Gasteiger partial charge in [0.05, 0.1) is 7.11 Å². The lowest BCUT2D eigenvalue weighted by Gasteiger charge is -1.97. The first-order valence-electron chi connectivity index (χ1n) is 5.25. The number of methoxy groups -OCH3 is 1. The van der Waals surface area contributed by atoms with E-state index in [0.717, 1.165) is 29.0 Å². The lowest BCUT2D eigenvalue weighted by Crippen LogP contribution is -2.03. The highest BCUT2D eigenvalue weighted by molar-refractivity contribution is 9.10. The molecule has 1 aromatic carbocycles. The van der Waals surface area contributed by atoms with Crippen molar-refractivity contribution >= 4 is 43.5 Å². The maximum absolute atomic E-state index is 13.2. The first-order chi connectivity index (χ1) is 9.32. The van der Waals surface area contributed by atoms with Gasteiger partial charge in [-0.3, -0.25) is 0 Å². The number of ether oxygens (including phenoxy) is 1. The topological polar surface area (TPSA) is 60.4 Å². The van der Waals surface area contributed by atoms with Gasteiger partial charge in [-0.25, -0.2) is 4.79 Å². The molecule has 0 aliphatic rings. The van der Waals surface area contributed by atoms with Crippen molar-refractivity contribution in [3.05, 3.63) is 39.7 Å². The number of carbonyl (C=O) groups excluding carboxylic acids is 1. The minimum Gasteiger partial charge on any atom is -0.465 e. The summed E-state index contributed by atoms with van der Waals surface area (Å²) in [5, 5.41) is 0. The molecule has 1 aromatic heterocycles. The third-order valence-electron chi connectivity index (χ3n) is 2.46. The molecular weight excluding hydrogens is 371 g/mol. The highest BCUT2D eigenvalue weighted by Gasteiger charge is 2.26. The maximum atomic E-state index is 13.2. The van der Waals surface area contributed by atoms with Crippen LogP contribution in [0.5, 0.6) is 0 Å². The highest BCUT2D eigenvalue weighted by atomic mass is 79.9. The van der Waals surface area contributed by atoms with Gasteiger partial charge in [0.1, 0.15) is 9.77 Å². The Kier molecular flexibility index (Phi) is 4.26. The summed E-state index contributed by atoms with van der Waals surface area (Å²) in [5.74, 6) is -0.880. The summed E-state index contributed by atoms with van der Waals surface area (Å²) in [6.07, 6.45) is 0. The standard InChI is InChI=1S/C12H8BrFO4S2/c1-18-12(15)11-10(20(14,16)17)6-9(19-11)7-2-4-8(13)5-3-7/h2-6H,1H3. The van der Waals surface area contributed by atoms with E-state index in [9.17, 15) is 17.1 Å². The monoisotopic (exact) mass is 378 g/mol. The highest BCUT2D eigenvalue weighted by Crippen LogP contribution is 2.35. The quantitative estimate of drug-likeness (QED) is 0.604. The normalized spacial score (nSPS) is 11.3. The molecule has 0 fully saturated rings. The average Bonchev–Trinajstić information content (AvgIpc) is 2.83. The Balaban J connectivity index is 2.60. The van der Waals surface area contributed by atoms with Gasteiger partial charge in [-0.2, -0.15) is 8.42 Å². The van der Waals surface area contributed by atoms with Crippen molar-refractivity contribution in [1.29, 1.82) is 0 Å². The van der Waals surface area contributed by atoms with E-state index in [1.807, 2.05) is 0 Å². The van der Waals surface area contributed by atoms with Gasteiger partial charge in [0.2, 0.25) is 0 Å². The first-order valence-corrected chi connectivity index (χ1v) is 8.25. The number of carbonyl (C=O) groups is 1. The number of benzene rings is 1. The predicted octanol–water partition coefficient (Wildman–Crippen LogP) is 3.62. The third-order valence-corrected chi connectivity index (χ3v) is 5.13. The average molecular weight is 379 g/mol. The zero-order valence-corrected chi connectivity index (χ0v) is 13.3. The maximum Gasteiger partial charge on any atom is 0.349 e. The molecule has 0 aliphatic heterocycles. The fourth-order valence-electron chi connectivity index (χ4n) is 1.55. The van der Waals surface area contributed by atoms with Crippen LogP contribution in [0.2, 0.25) is 0 Å². The summed E-state index contributed by atoms with van der Waals surface area (Å²) in [6.45, 7) is 0. The Morgan fingerprint density at radius 2 is 1.90 bits per heavy atom. The van der Waals surface area contributed by atoms with Gasteiger partial charge < -0.3 is 4.74 Å². The molecule has 106 valence electrons. The fourth-order valence-corrected chi connectivity index (χ4v) is 3.85. The molecule has 0 aliphatic carbocycles. The van der Waals surface area contributed by atoms with E-state index in [4.69, 9.17) is 0 Å². The van der Waals surface area contributed by atoms with Crippen LogP contribution < -0.4 is 0 Å². The van der Waals surface area contributed by atoms with Gasteiger partial charge >= 0.3 is 16.2 Å². The Labute approximate surface area is 127 Å². The molecule has 0 bridgehead atoms. The van der Waals surface area contributed by atoms with Crippen LogP contribution in [0.15, 0.2) is 39.7 Å². The lowest BCUT2D eigenvalue weighted by molar-refractivity contribution is 0.0602. The van der Waals surface area contributed by atoms with Crippen molar-refractivity contribution in [2.45, 2.75) is 4.90 Å². The van der Waals surface area contributed by atoms with Gasteiger partial charge in [-0.15, -0.1) is 15.2 Å². The zero-order valence-electron chi connectivity index (χ0n) is 10.1. The summed E-state index contributed by atoms with van der Waals surface area (Å²) < 4.78 is 40.8. The minimum absolute atomic E-state index is 0.270. The van der Waals surface area contributed by atoms with Gasteiger partial charge in [-0.05, 0) is 23.8 Å². The Bertz CT molecular complexity index is 750. The first kappa shape index (κ1) is 15.1. The van der Waals surface area contributed by atoms with Gasteiger partial charge in [0.25, 0.3) is 0 Å². The largest absolute Gasteiger partial charge is 0.465 e. The molecule has 0 atom stereocenters. The number of halogens is 2. The predicted molar refractivity (Wildman–Crippen MR) is 77.1 cm³/mol. The molecule has 0 spiro atoms. The van der Waals surface area contributed by atoms with Crippen LogP contribution >= 0.6 is 27.3 Å². The number of hydrogen-bond donors (Lipinski definition) is 0. The second-order valence-corrected chi connectivity index (χ2v) is 7.02. The number of hydrogen-bond acceptors (Lipinski definition) is 5. The van der Waals surface area contributed by atoms with Crippen LogP contribution in [0, 0.1) is 0 Å². The number of esters is 1. The van der Waals surface area contributed by atoms with Crippen molar-refractivity contribution in [2.75, 3.05) is 7.11 Å². The summed E-state index contributed by atoms with van der Waals surface area (Å²) in [5.41, 5.74) is 0.679. The molecule has 0 amide bonds. The van der Waals surface area contributed by atoms with E-state index in [2.05, 4.69) is 20.7 Å². The van der Waals surface area contributed by atoms with E-state index in [1.165, 1.54) is 0 Å². The van der Waals surface area contributed by atoms with Crippen molar-refractivity contribution in [3.8, 4) is 10.4 Å². The Hall–Kier alpha value is -1.25. The Morgan fingerprint density at radius 3 is 2.40 bits per heavy atom. The van der Waals surface area contributed by atoms with Crippen molar-refractivity contribution in [1.82, 2.24) is 0 Å². The molecule has 20 heavy (non-hydrogen) atoms. The summed E-state index contributed by atoms with van der Waals surface area (Å²) in [4.78, 5) is 11.1. The van der Waals surface area contributed by atoms with Gasteiger partial charge in [-0.1, -0.05) is 28.1 Å². The van der Waals surface area contributed by atoms with Crippen LogP contribution in [0.25, 0.3) is 10.4 Å². The second kappa shape index (κ2) is 5.63. The number of thiophene rings is 1. The van der Waals surface area contributed by atoms with Crippen molar-refractivity contribution in [3.63, 3.8) is 0 Å². The van der Waals surface area contributed by atoms with Gasteiger partial charge in [0.15, 0.2) is 0 Å². The lowest BCUT2D eigenvalue weighted by atomic mass is 10.2. The molecule has 1 heterocycles. The summed E-state index contributed by atoms with van der Waals surface area (Å²) >= 11 is 4.15. The van der Waals surface area contributed by atoms with E-state index in [1.54, 1.807) is 24.3 Å². The summed E-state index contributed by atoms with van der Waals surface area (Å²) in [6, 6.07) is 8.11. The third kappa shape index (κ3) is 3.08. The van der Waals surface area contributed by atoms with Crippen molar-refractivity contribution in [2.24, 2.45) is 0 Å². The minimum atomic E-state index is -4.98. The fraction of sp³-hybridized carbons (Fsp3) is 0.0833. The van der Waals surface area contributed by atoms with E-state index >= 15 is 0 Å². The van der Waals surface area contributed by atoms with Crippen LogP contribution in [0.3, 0.4) is 0 Å². The SMILES string of the molecule is COC(=O)c1sc(-c2ccc(Br)cc2)cc1S(=O)(=O)F. The molecule has 8 heteroatoms. The zero-order chi connectivity index (χ0) is 14.9. The van der Waals surface area contributed by atoms with Crippen molar-refractivity contribution < 1.29 is 21.8 Å². The molecule has 0 unspecified atom stereocenters. The molecule has 0 saturated carbocycles. The Morgan fingerprint density at radius 1 is 1.30 bits per heavy atom. The molecule has 0 N–H and O–H groups in total. The van der Waals surface area contributed by atoms with E-state index in [-0.39, 0.29) is 4.88 Å². The molecule has 4 nitrogen and oxygen atoms in total. The van der Waals surface area contributed by atoms with Crippen LogP contribution in [0.4, 0.5) is 3.89 Å². The molecule has 0 saturated heterocycles. The van der Waals surface area contributed by atoms with Crippen LogP contribution in [-0.2, 0) is 15.0 Å². The smallest absolute Gasteiger partial charge is 0.349 e. The second-order valence-electron chi connectivity index (χ2n) is 3.74. The molecular formula is C12H8BrFO4S2. The van der Waals surface area contributed by atoms with E-state index in [0.29, 0.717) is 10.4 Å². The van der Waals surface area contributed by atoms with Crippen LogP contribution in [0.1, 0.15) is 9.67 Å². The summed E-state index contributed by atoms with van der Waals surface area (Å²) in [7, 11) is -3.88. The molecule has 0 radical (unpaired) electrons. The van der Waals surface area contributed by atoms with Crippen LogP contribution in [-0.4, -0.2) is 21.5 Å². The number of rotatable bonds is 3. The van der Waals surface area contributed by atoms with Gasteiger partial charge in [0, 0.05) is 9.35 Å².